The van der Waals surface area contributed by atoms with Crippen LogP contribution in [-0.2, 0) is 14.3 Å². The maximum absolute atomic E-state index is 12.4. The molecule has 2 rings (SSSR count). The van der Waals surface area contributed by atoms with E-state index in [1.165, 1.54) is 24.3 Å². The number of rotatable bonds is 5. The second-order valence-electron chi connectivity index (χ2n) is 5.75. The summed E-state index contributed by atoms with van der Waals surface area (Å²) >= 11 is 0. The summed E-state index contributed by atoms with van der Waals surface area (Å²) in [7, 11) is 0. The minimum Gasteiger partial charge on any atom is -0.478 e. The lowest BCUT2D eigenvalue weighted by molar-refractivity contribution is -0.154. The zero-order chi connectivity index (χ0) is 17.7. The van der Waals surface area contributed by atoms with E-state index < -0.39 is 23.4 Å². The highest BCUT2D eigenvalue weighted by atomic mass is 16.6. The predicted molar refractivity (Wildman–Crippen MR) is 83.4 cm³/mol. The molecule has 1 aliphatic rings. The highest BCUT2D eigenvalue weighted by Crippen LogP contribution is 2.25. The molecule has 2 amide bonds. The smallest absolute Gasteiger partial charge is 0.335 e. The largest absolute Gasteiger partial charge is 0.478 e. The Bertz CT molecular complexity index is 620. The van der Waals surface area contributed by atoms with Crippen molar-refractivity contribution in [2.75, 3.05) is 13.2 Å². The number of nitrogens with one attached hydrogen (secondary N) is 2. The number of aromatic carboxylic acids is 1. The molecule has 8 nitrogen and oxygen atoms in total. The van der Waals surface area contributed by atoms with Crippen LogP contribution in [0.15, 0.2) is 24.3 Å². The van der Waals surface area contributed by atoms with Crippen molar-refractivity contribution in [1.29, 1.82) is 0 Å². The van der Waals surface area contributed by atoms with Crippen LogP contribution >= 0.6 is 0 Å². The number of hydrazine groups is 1. The van der Waals surface area contributed by atoms with Gasteiger partial charge in [-0.1, -0.05) is 0 Å². The normalized spacial score (nSPS) is 20.0. The van der Waals surface area contributed by atoms with Crippen LogP contribution in [0.3, 0.4) is 0 Å². The summed E-state index contributed by atoms with van der Waals surface area (Å²) in [4.78, 5) is 35.2. The number of ether oxygens (including phenoxy) is 2. The van der Waals surface area contributed by atoms with Crippen LogP contribution < -0.4 is 10.9 Å². The fourth-order valence-corrected chi connectivity index (χ4v) is 2.39. The molecule has 1 saturated heterocycles. The van der Waals surface area contributed by atoms with E-state index >= 15 is 0 Å². The molecule has 0 spiro atoms. The van der Waals surface area contributed by atoms with Gasteiger partial charge in [-0.3, -0.25) is 20.4 Å². The van der Waals surface area contributed by atoms with E-state index in [1.807, 2.05) is 13.8 Å². The molecule has 1 aromatic rings. The van der Waals surface area contributed by atoms with Crippen LogP contribution in [0.4, 0.5) is 0 Å². The summed E-state index contributed by atoms with van der Waals surface area (Å²) in [5.74, 6) is -2.12. The van der Waals surface area contributed by atoms with E-state index in [0.29, 0.717) is 13.0 Å². The van der Waals surface area contributed by atoms with Gasteiger partial charge in [-0.25, -0.2) is 4.79 Å². The van der Waals surface area contributed by atoms with Gasteiger partial charge in [-0.15, -0.1) is 0 Å². The third-order valence-corrected chi connectivity index (χ3v) is 3.54. The molecule has 1 unspecified atom stereocenters. The molecule has 3 N–H and O–H groups in total. The van der Waals surface area contributed by atoms with Crippen molar-refractivity contribution in [2.24, 2.45) is 0 Å². The molecule has 0 saturated carbocycles. The number of carbonyl (C=O) groups is 3. The molecule has 24 heavy (non-hydrogen) atoms. The number of carbonyl (C=O) groups excluding carboxylic acids is 2. The van der Waals surface area contributed by atoms with Gasteiger partial charge in [-0.05, 0) is 38.1 Å². The summed E-state index contributed by atoms with van der Waals surface area (Å²) in [6.45, 7) is 4.16. The molecule has 1 heterocycles. The Morgan fingerprint density at radius 2 is 1.79 bits per heavy atom. The zero-order valence-electron chi connectivity index (χ0n) is 13.5. The monoisotopic (exact) mass is 336 g/mol. The summed E-state index contributed by atoms with van der Waals surface area (Å²) in [5.41, 5.74) is 3.83. The Hall–Kier alpha value is -2.45. The first kappa shape index (κ1) is 17.9. The van der Waals surface area contributed by atoms with Crippen LogP contribution in [0.5, 0.6) is 0 Å². The van der Waals surface area contributed by atoms with Crippen molar-refractivity contribution in [3.05, 3.63) is 35.4 Å². The van der Waals surface area contributed by atoms with Gasteiger partial charge in [-0.2, -0.15) is 0 Å². The van der Waals surface area contributed by atoms with E-state index in [-0.39, 0.29) is 23.8 Å². The van der Waals surface area contributed by atoms with Crippen molar-refractivity contribution < 1.29 is 29.0 Å². The van der Waals surface area contributed by atoms with Gasteiger partial charge in [0.15, 0.2) is 5.60 Å². The van der Waals surface area contributed by atoms with Crippen molar-refractivity contribution in [3.63, 3.8) is 0 Å². The molecular weight excluding hydrogens is 316 g/mol. The lowest BCUT2D eigenvalue weighted by atomic mass is 10.0. The van der Waals surface area contributed by atoms with Crippen LogP contribution in [0.25, 0.3) is 0 Å². The van der Waals surface area contributed by atoms with E-state index in [9.17, 15) is 14.4 Å². The van der Waals surface area contributed by atoms with E-state index in [2.05, 4.69) is 10.9 Å². The molecule has 0 aliphatic carbocycles. The van der Waals surface area contributed by atoms with Gasteiger partial charge in [0.1, 0.15) is 0 Å². The van der Waals surface area contributed by atoms with Gasteiger partial charge in [0.25, 0.3) is 11.8 Å². The molecule has 0 aromatic heterocycles. The van der Waals surface area contributed by atoms with Gasteiger partial charge in [0, 0.05) is 12.0 Å². The predicted octanol–water partition coefficient (Wildman–Crippen LogP) is 0.730. The second kappa shape index (κ2) is 7.41. The molecule has 8 heteroatoms. The first-order valence-electron chi connectivity index (χ1n) is 7.54. The van der Waals surface area contributed by atoms with Crippen LogP contribution in [0.1, 0.15) is 41.0 Å². The Balaban J connectivity index is 1.97. The fraction of sp³-hybridized carbons (Fsp3) is 0.438. The van der Waals surface area contributed by atoms with Gasteiger partial charge in [0.2, 0.25) is 0 Å². The minimum atomic E-state index is -1.12. The summed E-state index contributed by atoms with van der Waals surface area (Å²) in [6.07, 6.45) is 0.233. The lowest BCUT2D eigenvalue weighted by Crippen LogP contribution is -2.55. The molecule has 1 fully saturated rings. The molecular formula is C16H20N2O6. The molecule has 130 valence electrons. The number of hydrogen-bond acceptors (Lipinski definition) is 5. The van der Waals surface area contributed by atoms with Crippen LogP contribution in [0, 0.1) is 0 Å². The average molecular weight is 336 g/mol. The fourth-order valence-electron chi connectivity index (χ4n) is 2.39. The first-order valence-corrected chi connectivity index (χ1v) is 7.54. The lowest BCUT2D eigenvalue weighted by Gasteiger charge is -2.28. The van der Waals surface area contributed by atoms with Gasteiger partial charge < -0.3 is 14.6 Å². The van der Waals surface area contributed by atoms with E-state index in [4.69, 9.17) is 14.6 Å². The summed E-state index contributed by atoms with van der Waals surface area (Å²) in [5, 5.41) is 8.83. The zero-order valence-corrected chi connectivity index (χ0v) is 13.5. The number of hydrogen-bond donors (Lipinski definition) is 3. The van der Waals surface area contributed by atoms with Crippen molar-refractivity contribution in [2.45, 2.75) is 32.0 Å². The topological polar surface area (TPSA) is 114 Å². The van der Waals surface area contributed by atoms with Crippen molar-refractivity contribution in [3.8, 4) is 0 Å². The maximum Gasteiger partial charge on any atom is 0.335 e. The Morgan fingerprint density at radius 3 is 2.29 bits per heavy atom. The van der Waals surface area contributed by atoms with Crippen LogP contribution in [-0.4, -0.2) is 47.8 Å². The summed E-state index contributed by atoms with van der Waals surface area (Å²) in [6, 6.07) is 5.36. The van der Waals surface area contributed by atoms with E-state index in [0.717, 1.165) is 0 Å². The molecule has 1 atom stereocenters. The Labute approximate surface area is 139 Å². The Morgan fingerprint density at radius 1 is 1.17 bits per heavy atom. The minimum absolute atomic E-state index is 0.0722. The average Bonchev–Trinajstić information content (AvgIpc) is 3.01. The van der Waals surface area contributed by atoms with Crippen molar-refractivity contribution in [1.82, 2.24) is 10.9 Å². The second-order valence-corrected chi connectivity index (χ2v) is 5.75. The van der Waals surface area contributed by atoms with Gasteiger partial charge in [0.05, 0.1) is 24.9 Å². The number of amides is 2. The first-order chi connectivity index (χ1) is 11.3. The highest BCUT2D eigenvalue weighted by Gasteiger charge is 2.44. The number of carboxylic acids is 1. The number of carboxylic acid groups (broad SMARTS) is 1. The number of benzene rings is 1. The van der Waals surface area contributed by atoms with E-state index in [1.54, 1.807) is 0 Å². The molecule has 0 bridgehead atoms. The quantitative estimate of drug-likeness (QED) is 0.683. The standard InChI is InChI=1S/C16H20N2O6/c1-10(2)24-16(7-8-23-9-16)15(22)18-17-13(19)11-3-5-12(6-4-11)14(20)21/h3-6,10H,7-9H2,1-2H3,(H,17,19)(H,18,22)(H,20,21). The van der Waals surface area contributed by atoms with Gasteiger partial charge >= 0.3 is 5.97 Å². The molecule has 0 radical (unpaired) electrons. The van der Waals surface area contributed by atoms with Crippen LogP contribution in [0.2, 0.25) is 0 Å². The Kier molecular flexibility index (Phi) is 5.53. The third kappa shape index (κ3) is 4.09. The maximum atomic E-state index is 12.4. The van der Waals surface area contributed by atoms with Crippen molar-refractivity contribution >= 4 is 17.8 Å². The molecule has 1 aliphatic heterocycles. The SMILES string of the molecule is CC(C)OC1(C(=O)NNC(=O)c2ccc(C(=O)O)cc2)CCOC1. The molecule has 1 aromatic carbocycles. The highest BCUT2D eigenvalue weighted by molar-refractivity contribution is 5.97. The third-order valence-electron chi connectivity index (χ3n) is 3.54. The summed E-state index contributed by atoms with van der Waals surface area (Å²) < 4.78 is 10.9.